The minimum absolute atomic E-state index is 0.365. The molecule has 0 aliphatic carbocycles. The zero-order valence-corrected chi connectivity index (χ0v) is 11.5. The SMILES string of the molecule is CSc1ccc(Oc2cncc(C)c2C(N)=O)cc1. The van der Waals surface area contributed by atoms with Gasteiger partial charge in [-0.25, -0.2) is 0 Å². The monoisotopic (exact) mass is 274 g/mol. The summed E-state index contributed by atoms with van der Waals surface area (Å²) < 4.78 is 5.68. The molecule has 1 amide bonds. The maximum atomic E-state index is 11.4. The molecule has 1 aromatic carbocycles. The number of aryl methyl sites for hydroxylation is 1. The Morgan fingerprint density at radius 1 is 1.26 bits per heavy atom. The molecule has 0 saturated heterocycles. The predicted octanol–water partition coefficient (Wildman–Crippen LogP) is 3.00. The Kier molecular flexibility index (Phi) is 4.06. The number of aromatic nitrogens is 1. The molecule has 0 aliphatic rings. The average Bonchev–Trinajstić information content (AvgIpc) is 2.39. The lowest BCUT2D eigenvalue weighted by Crippen LogP contribution is -2.14. The molecule has 0 bridgehead atoms. The first-order valence-corrected chi connectivity index (χ1v) is 6.90. The van der Waals surface area contributed by atoms with Crippen LogP contribution < -0.4 is 10.5 Å². The van der Waals surface area contributed by atoms with Crippen LogP contribution in [0.3, 0.4) is 0 Å². The van der Waals surface area contributed by atoms with Crippen molar-refractivity contribution in [2.45, 2.75) is 11.8 Å². The summed E-state index contributed by atoms with van der Waals surface area (Å²) in [7, 11) is 0. The normalized spacial score (nSPS) is 10.2. The summed E-state index contributed by atoms with van der Waals surface area (Å²) in [4.78, 5) is 16.6. The third-order valence-corrected chi connectivity index (χ3v) is 3.38. The number of rotatable bonds is 4. The quantitative estimate of drug-likeness (QED) is 0.870. The summed E-state index contributed by atoms with van der Waals surface area (Å²) in [6.07, 6.45) is 5.09. The van der Waals surface area contributed by atoms with Gasteiger partial charge in [0.15, 0.2) is 5.75 Å². The number of nitrogens with zero attached hydrogens (tertiary/aromatic N) is 1. The van der Waals surface area contributed by atoms with E-state index in [0.29, 0.717) is 22.6 Å². The summed E-state index contributed by atoms with van der Waals surface area (Å²) in [5, 5.41) is 0. The zero-order chi connectivity index (χ0) is 13.8. The molecule has 5 heteroatoms. The number of ether oxygens (including phenoxy) is 1. The van der Waals surface area contributed by atoms with Crippen LogP contribution in [-0.2, 0) is 0 Å². The first kappa shape index (κ1) is 13.4. The average molecular weight is 274 g/mol. The van der Waals surface area contributed by atoms with E-state index in [4.69, 9.17) is 10.5 Å². The van der Waals surface area contributed by atoms with Gasteiger partial charge < -0.3 is 10.5 Å². The molecular weight excluding hydrogens is 260 g/mol. The molecular formula is C14H14N2O2S. The summed E-state index contributed by atoms with van der Waals surface area (Å²) in [6.45, 7) is 1.77. The predicted molar refractivity (Wildman–Crippen MR) is 75.8 cm³/mol. The number of thioether (sulfide) groups is 1. The largest absolute Gasteiger partial charge is 0.455 e. The third-order valence-electron chi connectivity index (χ3n) is 2.63. The van der Waals surface area contributed by atoms with Crippen LogP contribution in [0.5, 0.6) is 11.5 Å². The van der Waals surface area contributed by atoms with Crippen LogP contribution in [0.25, 0.3) is 0 Å². The highest BCUT2D eigenvalue weighted by atomic mass is 32.2. The molecule has 0 fully saturated rings. The smallest absolute Gasteiger partial charge is 0.252 e. The molecule has 98 valence electrons. The van der Waals surface area contributed by atoms with Gasteiger partial charge in [0.25, 0.3) is 5.91 Å². The van der Waals surface area contributed by atoms with E-state index in [0.717, 1.165) is 4.90 Å². The van der Waals surface area contributed by atoms with Crippen molar-refractivity contribution in [3.05, 3.63) is 47.8 Å². The highest BCUT2D eigenvalue weighted by Gasteiger charge is 2.13. The van der Waals surface area contributed by atoms with Crippen LogP contribution >= 0.6 is 11.8 Å². The van der Waals surface area contributed by atoms with Crippen molar-refractivity contribution in [3.8, 4) is 11.5 Å². The first-order valence-electron chi connectivity index (χ1n) is 5.68. The molecule has 1 aromatic heterocycles. The van der Waals surface area contributed by atoms with Crippen LogP contribution in [0.1, 0.15) is 15.9 Å². The van der Waals surface area contributed by atoms with Gasteiger partial charge in [0, 0.05) is 11.1 Å². The van der Waals surface area contributed by atoms with Crippen molar-refractivity contribution >= 4 is 17.7 Å². The standard InChI is InChI=1S/C14H14N2O2S/c1-9-7-16-8-12(13(9)14(15)17)18-10-3-5-11(19-2)6-4-10/h3-8H,1-2H3,(H2,15,17). The summed E-state index contributed by atoms with van der Waals surface area (Å²) in [6, 6.07) is 7.60. The third kappa shape index (κ3) is 3.06. The summed E-state index contributed by atoms with van der Waals surface area (Å²) in [5.41, 5.74) is 6.43. The lowest BCUT2D eigenvalue weighted by molar-refractivity contribution is 0.0997. The lowest BCUT2D eigenvalue weighted by Gasteiger charge is -2.10. The van der Waals surface area contributed by atoms with Crippen molar-refractivity contribution in [2.75, 3.05) is 6.26 Å². The molecule has 0 radical (unpaired) electrons. The molecule has 0 atom stereocenters. The fourth-order valence-corrected chi connectivity index (χ4v) is 2.11. The first-order chi connectivity index (χ1) is 9.11. The Morgan fingerprint density at radius 2 is 1.95 bits per heavy atom. The molecule has 0 aliphatic heterocycles. The number of primary amides is 1. The van der Waals surface area contributed by atoms with E-state index in [2.05, 4.69) is 4.98 Å². The second-order valence-corrected chi connectivity index (χ2v) is 4.85. The Balaban J connectivity index is 2.32. The Labute approximate surface area is 116 Å². The van der Waals surface area contributed by atoms with E-state index < -0.39 is 5.91 Å². The van der Waals surface area contributed by atoms with Gasteiger partial charge in [-0.1, -0.05) is 0 Å². The maximum Gasteiger partial charge on any atom is 0.252 e. The van der Waals surface area contributed by atoms with Crippen molar-refractivity contribution in [3.63, 3.8) is 0 Å². The molecule has 2 rings (SSSR count). The van der Waals surface area contributed by atoms with Crippen LogP contribution in [0, 0.1) is 6.92 Å². The number of carbonyl (C=O) groups excluding carboxylic acids is 1. The van der Waals surface area contributed by atoms with E-state index >= 15 is 0 Å². The molecule has 2 N–H and O–H groups in total. The fraction of sp³-hybridized carbons (Fsp3) is 0.143. The van der Waals surface area contributed by atoms with Gasteiger partial charge >= 0.3 is 0 Å². The molecule has 0 spiro atoms. The molecule has 4 nitrogen and oxygen atoms in total. The van der Waals surface area contributed by atoms with Gasteiger partial charge in [-0.2, -0.15) is 0 Å². The van der Waals surface area contributed by atoms with Gasteiger partial charge in [-0.05, 0) is 43.0 Å². The number of benzene rings is 1. The Morgan fingerprint density at radius 3 is 2.53 bits per heavy atom. The second-order valence-electron chi connectivity index (χ2n) is 3.97. The van der Waals surface area contributed by atoms with Crippen molar-refractivity contribution in [1.82, 2.24) is 4.98 Å². The second kappa shape index (κ2) is 5.75. The highest BCUT2D eigenvalue weighted by Crippen LogP contribution is 2.27. The zero-order valence-electron chi connectivity index (χ0n) is 10.7. The number of hydrogen-bond acceptors (Lipinski definition) is 4. The maximum absolute atomic E-state index is 11.4. The van der Waals surface area contributed by atoms with Crippen molar-refractivity contribution in [2.24, 2.45) is 5.73 Å². The summed E-state index contributed by atoms with van der Waals surface area (Å²) in [5.74, 6) is 0.507. The van der Waals surface area contributed by atoms with E-state index in [-0.39, 0.29) is 0 Å². The van der Waals surface area contributed by atoms with Crippen LogP contribution in [0.4, 0.5) is 0 Å². The Hall–Kier alpha value is -2.01. The lowest BCUT2D eigenvalue weighted by atomic mass is 10.1. The van der Waals surface area contributed by atoms with E-state index in [1.165, 1.54) is 6.20 Å². The van der Waals surface area contributed by atoms with E-state index in [1.807, 2.05) is 30.5 Å². The molecule has 1 heterocycles. The number of amides is 1. The fourth-order valence-electron chi connectivity index (χ4n) is 1.70. The van der Waals surface area contributed by atoms with Gasteiger partial charge in [0.1, 0.15) is 5.75 Å². The van der Waals surface area contributed by atoms with Gasteiger partial charge in [-0.15, -0.1) is 11.8 Å². The van der Waals surface area contributed by atoms with Crippen LogP contribution in [0.15, 0.2) is 41.6 Å². The van der Waals surface area contributed by atoms with Crippen molar-refractivity contribution < 1.29 is 9.53 Å². The molecule has 0 unspecified atom stereocenters. The van der Waals surface area contributed by atoms with Crippen LogP contribution in [-0.4, -0.2) is 17.1 Å². The number of pyridine rings is 1. The number of carbonyl (C=O) groups is 1. The topological polar surface area (TPSA) is 65.2 Å². The number of nitrogens with two attached hydrogens (primary N) is 1. The molecule has 2 aromatic rings. The van der Waals surface area contributed by atoms with Gasteiger partial charge in [-0.3, -0.25) is 9.78 Å². The van der Waals surface area contributed by atoms with Crippen LogP contribution in [0.2, 0.25) is 0 Å². The minimum Gasteiger partial charge on any atom is -0.455 e. The number of hydrogen-bond donors (Lipinski definition) is 1. The molecule has 19 heavy (non-hydrogen) atoms. The van der Waals surface area contributed by atoms with E-state index in [1.54, 1.807) is 24.9 Å². The van der Waals surface area contributed by atoms with Gasteiger partial charge in [0.05, 0.1) is 11.8 Å². The minimum atomic E-state index is -0.518. The van der Waals surface area contributed by atoms with E-state index in [9.17, 15) is 4.79 Å². The van der Waals surface area contributed by atoms with Gasteiger partial charge in [0.2, 0.25) is 0 Å². The summed E-state index contributed by atoms with van der Waals surface area (Å²) >= 11 is 1.65. The Bertz CT molecular complexity index is 597. The highest BCUT2D eigenvalue weighted by molar-refractivity contribution is 7.98. The van der Waals surface area contributed by atoms with Crippen molar-refractivity contribution in [1.29, 1.82) is 0 Å². The molecule has 0 saturated carbocycles.